The molecular formula is C14H24N2S. The monoisotopic (exact) mass is 252 g/mol. The third-order valence-electron chi connectivity index (χ3n) is 4.99. The fourth-order valence-electron chi connectivity index (χ4n) is 4.05. The zero-order valence-electron chi connectivity index (χ0n) is 10.8. The number of hydrogen-bond acceptors (Lipinski definition) is 1. The van der Waals surface area contributed by atoms with E-state index in [9.17, 15) is 0 Å². The first-order valence-electron chi connectivity index (χ1n) is 7.28. The lowest BCUT2D eigenvalue weighted by Crippen LogP contribution is -2.49. The van der Waals surface area contributed by atoms with Gasteiger partial charge in [0.05, 0.1) is 0 Å². The normalized spacial score (nSPS) is 40.6. The molecule has 1 N–H and O–H groups in total. The molecule has 2 saturated carbocycles. The van der Waals surface area contributed by atoms with Crippen LogP contribution in [0.25, 0.3) is 0 Å². The van der Waals surface area contributed by atoms with Gasteiger partial charge in [0.25, 0.3) is 0 Å². The van der Waals surface area contributed by atoms with E-state index in [1.165, 1.54) is 38.5 Å². The van der Waals surface area contributed by atoms with Crippen LogP contribution in [0.1, 0.15) is 45.4 Å². The molecule has 0 spiro atoms. The van der Waals surface area contributed by atoms with Gasteiger partial charge in [-0.25, -0.2) is 0 Å². The maximum atomic E-state index is 5.59. The van der Waals surface area contributed by atoms with E-state index in [-0.39, 0.29) is 0 Å². The van der Waals surface area contributed by atoms with Crippen molar-refractivity contribution in [3.05, 3.63) is 0 Å². The summed E-state index contributed by atoms with van der Waals surface area (Å²) < 4.78 is 0. The van der Waals surface area contributed by atoms with Crippen LogP contribution in [-0.2, 0) is 0 Å². The Hall–Kier alpha value is -0.310. The van der Waals surface area contributed by atoms with E-state index in [0.717, 1.165) is 36.0 Å². The number of nitrogens with one attached hydrogen (secondary N) is 1. The predicted octanol–water partition coefficient (Wildman–Crippen LogP) is 2.78. The fourth-order valence-corrected chi connectivity index (χ4v) is 4.36. The average Bonchev–Trinajstić information content (AvgIpc) is 2.91. The molecule has 1 saturated heterocycles. The van der Waals surface area contributed by atoms with Gasteiger partial charge in [-0.3, -0.25) is 0 Å². The minimum absolute atomic E-state index is 0.693. The predicted molar refractivity (Wildman–Crippen MR) is 74.9 cm³/mol. The molecule has 1 heterocycles. The van der Waals surface area contributed by atoms with Gasteiger partial charge in [0.2, 0.25) is 0 Å². The molecule has 0 aromatic carbocycles. The zero-order chi connectivity index (χ0) is 11.8. The standard InChI is InChI=1S/C14H24N2S/c1-10-3-2-6-16(9-10)14(17)15-13-8-11-4-5-12(13)7-11/h10-13H,2-9H2,1H3,(H,15,17)/t10-,11-,12-,13+/m1/s1. The third kappa shape index (κ3) is 2.44. The summed E-state index contributed by atoms with van der Waals surface area (Å²) in [7, 11) is 0. The van der Waals surface area contributed by atoms with Crippen molar-refractivity contribution in [2.45, 2.75) is 51.5 Å². The molecule has 0 aromatic heterocycles. The van der Waals surface area contributed by atoms with Gasteiger partial charge in [-0.2, -0.15) is 0 Å². The van der Waals surface area contributed by atoms with E-state index in [0.29, 0.717) is 6.04 Å². The van der Waals surface area contributed by atoms with Crippen LogP contribution >= 0.6 is 12.2 Å². The summed E-state index contributed by atoms with van der Waals surface area (Å²) in [6.45, 7) is 4.66. The molecule has 2 nitrogen and oxygen atoms in total. The molecule has 17 heavy (non-hydrogen) atoms. The maximum Gasteiger partial charge on any atom is 0.169 e. The lowest BCUT2D eigenvalue weighted by molar-refractivity contribution is 0.263. The molecule has 0 radical (unpaired) electrons. The average molecular weight is 252 g/mol. The van der Waals surface area contributed by atoms with Crippen LogP contribution in [0.5, 0.6) is 0 Å². The summed E-state index contributed by atoms with van der Waals surface area (Å²) in [5, 5.41) is 4.69. The second-order valence-corrected chi connectivity index (χ2v) is 6.81. The van der Waals surface area contributed by atoms with Gasteiger partial charge in [-0.15, -0.1) is 0 Å². The molecule has 1 aliphatic heterocycles. The van der Waals surface area contributed by atoms with Gasteiger partial charge in [0.15, 0.2) is 5.11 Å². The van der Waals surface area contributed by atoms with Gasteiger partial charge in [-0.05, 0) is 62.1 Å². The second kappa shape index (κ2) is 4.75. The molecule has 3 heteroatoms. The molecule has 0 aromatic rings. The highest BCUT2D eigenvalue weighted by Crippen LogP contribution is 2.44. The van der Waals surface area contributed by atoms with Crippen molar-refractivity contribution < 1.29 is 0 Å². The second-order valence-electron chi connectivity index (χ2n) is 6.42. The number of thiocarbonyl (C=S) groups is 1. The molecule has 3 rings (SSSR count). The van der Waals surface area contributed by atoms with E-state index in [2.05, 4.69) is 17.1 Å². The van der Waals surface area contributed by atoms with E-state index in [1.807, 2.05) is 0 Å². The molecule has 0 unspecified atom stereocenters. The van der Waals surface area contributed by atoms with Crippen LogP contribution in [0, 0.1) is 17.8 Å². The number of fused-ring (bicyclic) bond motifs is 2. The fraction of sp³-hybridized carbons (Fsp3) is 0.929. The van der Waals surface area contributed by atoms with Gasteiger partial charge >= 0.3 is 0 Å². The lowest BCUT2D eigenvalue weighted by Gasteiger charge is -2.35. The number of nitrogens with zero attached hydrogens (tertiary/aromatic N) is 1. The van der Waals surface area contributed by atoms with Crippen LogP contribution in [-0.4, -0.2) is 29.1 Å². The first kappa shape index (κ1) is 11.8. The molecule has 0 amide bonds. The summed E-state index contributed by atoms with van der Waals surface area (Å²) in [5.74, 6) is 2.73. The first-order valence-corrected chi connectivity index (χ1v) is 7.68. The molecule has 96 valence electrons. The Balaban J connectivity index is 1.53. The quantitative estimate of drug-likeness (QED) is 0.723. The van der Waals surface area contributed by atoms with Crippen LogP contribution in [0.4, 0.5) is 0 Å². The lowest BCUT2D eigenvalue weighted by atomic mass is 9.95. The highest BCUT2D eigenvalue weighted by Gasteiger charge is 2.40. The zero-order valence-corrected chi connectivity index (χ0v) is 11.6. The molecule has 3 fully saturated rings. The number of rotatable bonds is 1. The first-order chi connectivity index (χ1) is 8.22. The summed E-state index contributed by atoms with van der Waals surface area (Å²) in [6.07, 6.45) is 8.40. The van der Waals surface area contributed by atoms with Gasteiger partial charge in [0.1, 0.15) is 0 Å². The van der Waals surface area contributed by atoms with Crippen molar-refractivity contribution in [2.75, 3.05) is 13.1 Å². The minimum Gasteiger partial charge on any atom is -0.360 e. The molecular weight excluding hydrogens is 228 g/mol. The third-order valence-corrected chi connectivity index (χ3v) is 5.37. The largest absolute Gasteiger partial charge is 0.360 e. The Labute approximate surface area is 110 Å². The van der Waals surface area contributed by atoms with Gasteiger partial charge < -0.3 is 10.2 Å². The van der Waals surface area contributed by atoms with Crippen LogP contribution in [0.15, 0.2) is 0 Å². The Morgan fingerprint density at radius 1 is 1.24 bits per heavy atom. The van der Waals surface area contributed by atoms with Crippen molar-refractivity contribution in [2.24, 2.45) is 17.8 Å². The molecule has 2 bridgehead atoms. The van der Waals surface area contributed by atoms with E-state index >= 15 is 0 Å². The molecule has 2 aliphatic carbocycles. The highest BCUT2D eigenvalue weighted by molar-refractivity contribution is 7.80. The number of piperidine rings is 1. The minimum atomic E-state index is 0.693. The SMILES string of the molecule is C[C@@H]1CCCN(C(=S)N[C@H]2C[C@@H]3CC[C@@H]2C3)C1. The maximum absolute atomic E-state index is 5.59. The molecule has 4 atom stereocenters. The van der Waals surface area contributed by atoms with Crippen molar-refractivity contribution in [3.8, 4) is 0 Å². The highest BCUT2D eigenvalue weighted by atomic mass is 32.1. The number of hydrogen-bond donors (Lipinski definition) is 1. The Morgan fingerprint density at radius 3 is 2.76 bits per heavy atom. The smallest absolute Gasteiger partial charge is 0.169 e. The summed E-state index contributed by atoms with van der Waals surface area (Å²) in [5.41, 5.74) is 0. The van der Waals surface area contributed by atoms with Crippen molar-refractivity contribution in [1.29, 1.82) is 0 Å². The van der Waals surface area contributed by atoms with Gasteiger partial charge in [0, 0.05) is 19.1 Å². The van der Waals surface area contributed by atoms with E-state index in [1.54, 1.807) is 0 Å². The summed E-state index contributed by atoms with van der Waals surface area (Å²) in [4.78, 5) is 2.40. The van der Waals surface area contributed by atoms with Crippen LogP contribution in [0.3, 0.4) is 0 Å². The van der Waals surface area contributed by atoms with Crippen molar-refractivity contribution >= 4 is 17.3 Å². The topological polar surface area (TPSA) is 15.3 Å². The Kier molecular flexibility index (Phi) is 3.29. The van der Waals surface area contributed by atoms with Crippen molar-refractivity contribution in [3.63, 3.8) is 0 Å². The van der Waals surface area contributed by atoms with Crippen LogP contribution < -0.4 is 5.32 Å². The van der Waals surface area contributed by atoms with Crippen molar-refractivity contribution in [1.82, 2.24) is 10.2 Å². The molecule has 3 aliphatic rings. The van der Waals surface area contributed by atoms with Crippen LogP contribution in [0.2, 0.25) is 0 Å². The van der Waals surface area contributed by atoms with E-state index in [4.69, 9.17) is 12.2 Å². The Morgan fingerprint density at radius 2 is 2.12 bits per heavy atom. The summed E-state index contributed by atoms with van der Waals surface area (Å²) in [6, 6.07) is 0.693. The van der Waals surface area contributed by atoms with E-state index < -0.39 is 0 Å². The number of likely N-dealkylation sites (tertiary alicyclic amines) is 1. The Bertz CT molecular complexity index is 305. The summed E-state index contributed by atoms with van der Waals surface area (Å²) >= 11 is 5.59. The van der Waals surface area contributed by atoms with Gasteiger partial charge in [-0.1, -0.05) is 13.3 Å².